The molecule has 0 saturated carbocycles. The van der Waals surface area contributed by atoms with Crippen LogP contribution in [0.5, 0.6) is 0 Å². The third-order valence-corrected chi connectivity index (χ3v) is 7.64. The van der Waals surface area contributed by atoms with Crippen LogP contribution in [0.1, 0.15) is 46.6 Å². The zero-order valence-electron chi connectivity index (χ0n) is 15.9. The molecule has 0 bridgehead atoms. The Morgan fingerprint density at radius 3 is 2.50 bits per heavy atom. The first-order valence-electron chi connectivity index (χ1n) is 8.48. The number of nitrogens with one attached hydrogen (secondary N) is 1. The Hall–Kier alpha value is -1.40. The van der Waals surface area contributed by atoms with Gasteiger partial charge in [-0.1, -0.05) is 40.7 Å². The lowest BCUT2D eigenvalue weighted by Crippen LogP contribution is -2.54. The van der Waals surface area contributed by atoms with Crippen molar-refractivity contribution in [2.24, 2.45) is 16.7 Å². The molecule has 0 aromatic carbocycles. The van der Waals surface area contributed by atoms with Crippen molar-refractivity contribution in [3.63, 3.8) is 0 Å². The van der Waals surface area contributed by atoms with Crippen LogP contribution in [0.25, 0.3) is 0 Å². The van der Waals surface area contributed by atoms with Gasteiger partial charge < -0.3 is 4.74 Å². The molecule has 0 radical (unpaired) electrons. The Morgan fingerprint density at radius 2 is 2.00 bits per heavy atom. The molecule has 1 N–H and O–H groups in total. The number of hydrogen-bond donors (Lipinski definition) is 1. The van der Waals surface area contributed by atoms with Gasteiger partial charge in [0.2, 0.25) is 0 Å². The van der Waals surface area contributed by atoms with E-state index in [1.54, 1.807) is 17.7 Å². The van der Waals surface area contributed by atoms with E-state index < -0.39 is 11.0 Å². The summed E-state index contributed by atoms with van der Waals surface area (Å²) in [6.45, 7) is 16.6. The van der Waals surface area contributed by atoms with Crippen LogP contribution in [0.2, 0.25) is 0 Å². The molecule has 24 heavy (non-hydrogen) atoms. The molecular formula is C18H30N2O3Si. The second-order valence-electron chi connectivity index (χ2n) is 8.67. The maximum absolute atomic E-state index is 12.5. The standard InChI is InChI=1S/C18H30N2O3Si/c1-8-9-12-13(16(3,4)5)17(6,7)18(24,23-12)20-10-11(2)14(21)19-15(20)22/h8,10,12-13H,1,9H2,2-7,24H3,(H,19,21,22)/t12-,13+,18+/m1/s1. The van der Waals surface area contributed by atoms with Crippen LogP contribution in [0.4, 0.5) is 0 Å². The van der Waals surface area contributed by atoms with Gasteiger partial charge in [-0.15, -0.1) is 6.58 Å². The fraction of sp³-hybridized carbons (Fsp3) is 0.667. The quantitative estimate of drug-likeness (QED) is 0.663. The van der Waals surface area contributed by atoms with Crippen LogP contribution in [-0.4, -0.2) is 25.9 Å². The third kappa shape index (κ3) is 2.75. The lowest BCUT2D eigenvalue weighted by Gasteiger charge is -2.45. The highest BCUT2D eigenvalue weighted by molar-refractivity contribution is 6.13. The van der Waals surface area contributed by atoms with Crippen molar-refractivity contribution in [3.05, 3.63) is 45.3 Å². The van der Waals surface area contributed by atoms with Crippen molar-refractivity contribution in [1.29, 1.82) is 0 Å². The topological polar surface area (TPSA) is 64.1 Å². The molecule has 0 aliphatic carbocycles. The Kier molecular flexibility index (Phi) is 4.61. The average molecular weight is 351 g/mol. The largest absolute Gasteiger partial charge is 0.355 e. The predicted molar refractivity (Wildman–Crippen MR) is 100 cm³/mol. The van der Waals surface area contributed by atoms with Gasteiger partial charge in [0.05, 0.1) is 16.3 Å². The molecule has 1 aromatic heterocycles. The molecule has 1 aliphatic rings. The van der Waals surface area contributed by atoms with Crippen molar-refractivity contribution < 1.29 is 4.74 Å². The summed E-state index contributed by atoms with van der Waals surface area (Å²) in [6.07, 6.45) is 4.26. The minimum absolute atomic E-state index is 0.00543. The first-order valence-corrected chi connectivity index (χ1v) is 9.48. The molecule has 0 spiro atoms. The number of aromatic amines is 1. The lowest BCUT2D eigenvalue weighted by atomic mass is 9.63. The van der Waals surface area contributed by atoms with Crippen LogP contribution in [-0.2, 0) is 10.1 Å². The van der Waals surface area contributed by atoms with E-state index in [1.165, 1.54) is 0 Å². The van der Waals surface area contributed by atoms with Crippen LogP contribution in [0, 0.1) is 23.7 Å². The minimum Gasteiger partial charge on any atom is -0.355 e. The third-order valence-electron chi connectivity index (χ3n) is 5.64. The minimum atomic E-state index is -0.718. The highest BCUT2D eigenvalue weighted by Gasteiger charge is 2.61. The highest BCUT2D eigenvalue weighted by atomic mass is 28.1. The van der Waals surface area contributed by atoms with Crippen molar-refractivity contribution in [2.45, 2.75) is 59.4 Å². The molecule has 2 heterocycles. The summed E-state index contributed by atoms with van der Waals surface area (Å²) < 4.78 is 8.15. The second kappa shape index (κ2) is 5.84. The maximum Gasteiger partial charge on any atom is 0.330 e. The lowest BCUT2D eigenvalue weighted by molar-refractivity contribution is -0.0745. The summed E-state index contributed by atoms with van der Waals surface area (Å²) in [4.78, 5) is 26.7. The van der Waals surface area contributed by atoms with Gasteiger partial charge >= 0.3 is 5.69 Å². The normalized spacial score (nSPS) is 29.8. The average Bonchev–Trinajstić information content (AvgIpc) is 2.61. The first-order chi connectivity index (χ1) is 10.9. The van der Waals surface area contributed by atoms with Crippen LogP contribution < -0.4 is 11.2 Å². The molecule has 3 atom stereocenters. The van der Waals surface area contributed by atoms with Crippen molar-refractivity contribution >= 4 is 10.2 Å². The zero-order valence-corrected chi connectivity index (χ0v) is 17.9. The van der Waals surface area contributed by atoms with Gasteiger partial charge in [0.25, 0.3) is 5.56 Å². The predicted octanol–water partition coefficient (Wildman–Crippen LogP) is 1.48. The second-order valence-corrected chi connectivity index (χ2v) is 10.0. The smallest absolute Gasteiger partial charge is 0.330 e. The van der Waals surface area contributed by atoms with Crippen molar-refractivity contribution in [2.75, 3.05) is 0 Å². The molecule has 1 fully saturated rings. The Bertz CT molecular complexity index is 757. The monoisotopic (exact) mass is 350 g/mol. The highest BCUT2D eigenvalue weighted by Crippen LogP contribution is 2.57. The number of aromatic nitrogens is 2. The molecule has 1 aliphatic heterocycles. The van der Waals surface area contributed by atoms with Gasteiger partial charge in [-0.05, 0) is 24.7 Å². The Labute approximate surface area is 146 Å². The summed E-state index contributed by atoms with van der Waals surface area (Å²) in [5.74, 6) is 0.250. The van der Waals surface area contributed by atoms with Gasteiger partial charge in [0.15, 0.2) is 0 Å². The fourth-order valence-electron chi connectivity index (χ4n) is 4.51. The number of H-pyrrole nitrogens is 1. The van der Waals surface area contributed by atoms with E-state index in [0.29, 0.717) is 15.8 Å². The summed E-state index contributed by atoms with van der Waals surface area (Å²) in [5.41, 5.74) is -0.472. The van der Waals surface area contributed by atoms with Crippen LogP contribution in [0.3, 0.4) is 0 Å². The van der Waals surface area contributed by atoms with Crippen LogP contribution in [0.15, 0.2) is 28.4 Å². The number of aryl methyl sites for hydroxylation is 1. The Morgan fingerprint density at radius 1 is 1.42 bits per heavy atom. The molecule has 0 unspecified atom stereocenters. The molecule has 134 valence electrons. The van der Waals surface area contributed by atoms with E-state index in [2.05, 4.69) is 46.2 Å². The van der Waals surface area contributed by atoms with Gasteiger partial charge in [-0.2, -0.15) is 0 Å². The SMILES string of the molecule is C=CC[C@H]1O[C@@]([SiH3])(n2cc(C)c(=O)[nH]c2=O)C(C)(C)[C@@H]1C(C)(C)C. The first kappa shape index (κ1) is 18.9. The number of rotatable bonds is 3. The summed E-state index contributed by atoms with van der Waals surface area (Å²) in [5, 5.41) is -0.718. The molecular weight excluding hydrogens is 320 g/mol. The van der Waals surface area contributed by atoms with Gasteiger partial charge in [-0.3, -0.25) is 14.3 Å². The van der Waals surface area contributed by atoms with Gasteiger partial charge in [-0.25, -0.2) is 4.79 Å². The fourth-order valence-corrected chi connectivity index (χ4v) is 5.45. The van der Waals surface area contributed by atoms with E-state index in [9.17, 15) is 9.59 Å². The van der Waals surface area contributed by atoms with E-state index >= 15 is 0 Å². The van der Waals surface area contributed by atoms with Gasteiger partial charge in [0.1, 0.15) is 5.35 Å². The molecule has 2 rings (SSSR count). The summed E-state index contributed by atoms with van der Waals surface area (Å²) >= 11 is 0. The number of hydrogen-bond acceptors (Lipinski definition) is 3. The molecule has 1 saturated heterocycles. The molecule has 5 nitrogen and oxygen atoms in total. The number of ether oxygens (including phenoxy) is 1. The van der Waals surface area contributed by atoms with E-state index in [-0.39, 0.29) is 28.4 Å². The van der Waals surface area contributed by atoms with Crippen molar-refractivity contribution in [3.8, 4) is 0 Å². The molecule has 1 aromatic rings. The van der Waals surface area contributed by atoms with E-state index in [0.717, 1.165) is 6.42 Å². The maximum atomic E-state index is 12.5. The van der Waals surface area contributed by atoms with Gasteiger partial charge in [0, 0.05) is 17.2 Å². The molecule has 0 amide bonds. The number of nitrogens with zero attached hydrogens (tertiary/aromatic N) is 1. The molecule has 6 heteroatoms. The van der Waals surface area contributed by atoms with Crippen molar-refractivity contribution in [1.82, 2.24) is 9.55 Å². The summed E-state index contributed by atoms with van der Waals surface area (Å²) in [7, 11) is 0.624. The van der Waals surface area contributed by atoms with Crippen LogP contribution >= 0.6 is 0 Å². The van der Waals surface area contributed by atoms with E-state index in [1.807, 2.05) is 6.08 Å². The van der Waals surface area contributed by atoms with E-state index in [4.69, 9.17) is 4.74 Å². The zero-order chi connectivity index (χ0) is 18.5. The Balaban J connectivity index is 2.69. The summed E-state index contributed by atoms with van der Waals surface area (Å²) in [6, 6.07) is 0.